The molecule has 54 heavy (non-hydrogen) atoms. The van der Waals surface area contributed by atoms with E-state index in [1.165, 1.54) is 25.1 Å². The largest absolute Gasteiger partial charge is 0.416 e. The topological polar surface area (TPSA) is 29.1 Å². The number of alkyl halides is 12. The van der Waals surface area contributed by atoms with Gasteiger partial charge in [-0.3, -0.25) is 4.79 Å². The Morgan fingerprint density at radius 1 is 0.407 bits per heavy atom. The zero-order valence-electron chi connectivity index (χ0n) is 27.4. The van der Waals surface area contributed by atoms with E-state index in [2.05, 4.69) is 5.32 Å². The van der Waals surface area contributed by atoms with Gasteiger partial charge in [-0.25, -0.2) is 0 Å². The first-order chi connectivity index (χ1) is 25.1. The smallest absolute Gasteiger partial charge is 0.326 e. The quantitative estimate of drug-likeness (QED) is 0.174. The molecule has 0 saturated carbocycles. The summed E-state index contributed by atoms with van der Waals surface area (Å²) in [6.45, 7) is 1.17. The van der Waals surface area contributed by atoms with E-state index >= 15 is 0 Å². The number of halogens is 12. The molecule has 1 amide bonds. The SMILES string of the molecule is CC(=O)Nc1cccc2c(-c3ccc(C(F)(F)F)cc3)c(-c3ccc(C(F)(F)F)cc3)c(-c3ccc(C(F)(F)F)cc3)c(-c3ccc(C(F)(F)F)cc3)c12. The van der Waals surface area contributed by atoms with Crippen LogP contribution in [0.4, 0.5) is 58.4 Å². The van der Waals surface area contributed by atoms with Crippen molar-refractivity contribution in [3.8, 4) is 44.5 Å². The van der Waals surface area contributed by atoms with Crippen LogP contribution in [0.5, 0.6) is 0 Å². The van der Waals surface area contributed by atoms with Gasteiger partial charge in [0.15, 0.2) is 0 Å². The lowest BCUT2D eigenvalue weighted by molar-refractivity contribution is -0.138. The minimum Gasteiger partial charge on any atom is -0.326 e. The van der Waals surface area contributed by atoms with Gasteiger partial charge >= 0.3 is 24.7 Å². The fourth-order valence-electron chi connectivity index (χ4n) is 6.30. The first-order valence-electron chi connectivity index (χ1n) is 15.8. The second-order valence-electron chi connectivity index (χ2n) is 12.2. The Hall–Kier alpha value is -5.79. The summed E-state index contributed by atoms with van der Waals surface area (Å²) in [5.41, 5.74) is -3.71. The van der Waals surface area contributed by atoms with Crippen LogP contribution in [-0.4, -0.2) is 5.91 Å². The van der Waals surface area contributed by atoms with Crippen LogP contribution in [0.15, 0.2) is 115 Å². The lowest BCUT2D eigenvalue weighted by atomic mass is 9.78. The number of carbonyl (C=O) groups is 1. The van der Waals surface area contributed by atoms with Crippen LogP contribution in [0.25, 0.3) is 55.3 Å². The van der Waals surface area contributed by atoms with E-state index in [-0.39, 0.29) is 61.0 Å². The van der Waals surface area contributed by atoms with Gasteiger partial charge in [-0.05, 0) is 98.9 Å². The van der Waals surface area contributed by atoms with Crippen molar-refractivity contribution in [3.63, 3.8) is 0 Å². The van der Waals surface area contributed by atoms with Crippen molar-refractivity contribution in [1.82, 2.24) is 0 Å². The molecule has 6 aromatic rings. The van der Waals surface area contributed by atoms with E-state index in [4.69, 9.17) is 0 Å². The maximum absolute atomic E-state index is 13.8. The predicted molar refractivity (Wildman–Crippen MR) is 180 cm³/mol. The van der Waals surface area contributed by atoms with Crippen LogP contribution >= 0.6 is 0 Å². The number of carbonyl (C=O) groups excluding carboxylic acids is 1. The predicted octanol–water partition coefficient (Wildman–Crippen LogP) is 13.5. The van der Waals surface area contributed by atoms with Gasteiger partial charge in [-0.2, -0.15) is 52.7 Å². The molecule has 278 valence electrons. The molecule has 0 fully saturated rings. The van der Waals surface area contributed by atoms with Crippen molar-refractivity contribution < 1.29 is 57.5 Å². The molecule has 0 atom stereocenters. The Morgan fingerprint density at radius 2 is 0.704 bits per heavy atom. The standard InChI is InChI=1S/C40H23F12NO/c1-21(54)53-31-4-2-3-30-32(22-5-13-26(14-6-22)37(41,42)43)33(23-7-15-27(16-8-23)38(44,45)46)34(24-9-17-28(18-10-24)39(47,48)49)35(36(30)31)25-11-19-29(20-12-25)40(50,51)52/h2-20H,1H3,(H,53,54). The van der Waals surface area contributed by atoms with Crippen molar-refractivity contribution in [2.75, 3.05) is 5.32 Å². The molecule has 6 rings (SSSR count). The highest BCUT2D eigenvalue weighted by Crippen LogP contribution is 2.53. The van der Waals surface area contributed by atoms with Crippen LogP contribution in [0, 0.1) is 0 Å². The van der Waals surface area contributed by atoms with Gasteiger partial charge in [-0.1, -0.05) is 60.7 Å². The van der Waals surface area contributed by atoms with Crippen molar-refractivity contribution >= 4 is 22.4 Å². The molecule has 2 nitrogen and oxygen atoms in total. The summed E-state index contributed by atoms with van der Waals surface area (Å²) < 4.78 is 165. The summed E-state index contributed by atoms with van der Waals surface area (Å²) in [5, 5.41) is 2.98. The fraction of sp³-hybridized carbons (Fsp3) is 0.125. The minimum atomic E-state index is -4.79. The van der Waals surface area contributed by atoms with Gasteiger partial charge in [0.2, 0.25) is 5.91 Å². The van der Waals surface area contributed by atoms with E-state index in [9.17, 15) is 57.5 Å². The highest BCUT2D eigenvalue weighted by Gasteiger charge is 2.35. The number of anilines is 1. The summed E-state index contributed by atoms with van der Waals surface area (Å²) in [6, 6.07) is 19.2. The fourth-order valence-corrected chi connectivity index (χ4v) is 6.30. The molecule has 0 aromatic heterocycles. The number of amides is 1. The van der Waals surface area contributed by atoms with Crippen LogP contribution in [0.3, 0.4) is 0 Å². The Labute approximate surface area is 298 Å². The number of hydrogen-bond acceptors (Lipinski definition) is 1. The summed E-state index contributed by atoms with van der Waals surface area (Å²) in [5.74, 6) is -0.597. The number of hydrogen-bond donors (Lipinski definition) is 1. The van der Waals surface area contributed by atoms with Crippen LogP contribution < -0.4 is 5.32 Å². The molecule has 0 saturated heterocycles. The summed E-state index contributed by atoms with van der Waals surface area (Å²) in [6.07, 6.45) is -19.1. The molecule has 0 radical (unpaired) electrons. The van der Waals surface area contributed by atoms with Crippen molar-refractivity contribution in [1.29, 1.82) is 0 Å². The second-order valence-corrected chi connectivity index (χ2v) is 12.2. The van der Waals surface area contributed by atoms with E-state index in [0.717, 1.165) is 97.1 Å². The zero-order valence-corrected chi connectivity index (χ0v) is 27.4. The van der Waals surface area contributed by atoms with Crippen LogP contribution in [0.1, 0.15) is 29.2 Å². The molecule has 0 aliphatic rings. The Bertz CT molecular complexity index is 2330. The Balaban J connectivity index is 1.87. The highest BCUT2D eigenvalue weighted by molar-refractivity contribution is 6.22. The van der Waals surface area contributed by atoms with E-state index in [0.29, 0.717) is 0 Å². The number of benzene rings is 6. The van der Waals surface area contributed by atoms with Crippen molar-refractivity contribution in [2.45, 2.75) is 31.6 Å². The lowest BCUT2D eigenvalue weighted by Gasteiger charge is -2.26. The number of rotatable bonds is 5. The first-order valence-corrected chi connectivity index (χ1v) is 15.8. The lowest BCUT2D eigenvalue weighted by Crippen LogP contribution is -2.08. The first kappa shape index (κ1) is 38.0. The molecule has 0 bridgehead atoms. The minimum absolute atomic E-state index is 0.00319. The third-order valence-corrected chi connectivity index (χ3v) is 8.65. The highest BCUT2D eigenvalue weighted by atomic mass is 19.4. The molecular weight excluding hydrogens is 738 g/mol. The zero-order chi connectivity index (χ0) is 39.4. The molecule has 0 aliphatic heterocycles. The summed E-state index contributed by atoms with van der Waals surface area (Å²) >= 11 is 0. The van der Waals surface area contributed by atoms with Gasteiger partial charge in [0.05, 0.1) is 22.3 Å². The second kappa shape index (κ2) is 13.6. The molecule has 0 spiro atoms. The van der Waals surface area contributed by atoms with Gasteiger partial charge in [0.1, 0.15) is 0 Å². The van der Waals surface area contributed by atoms with Crippen molar-refractivity contribution in [2.24, 2.45) is 0 Å². The van der Waals surface area contributed by atoms with Gasteiger partial charge in [0, 0.05) is 23.6 Å². The Morgan fingerprint density at radius 3 is 1.02 bits per heavy atom. The van der Waals surface area contributed by atoms with Crippen molar-refractivity contribution in [3.05, 3.63) is 138 Å². The summed E-state index contributed by atoms with van der Waals surface area (Å²) in [4.78, 5) is 12.5. The van der Waals surface area contributed by atoms with E-state index < -0.39 is 52.9 Å². The van der Waals surface area contributed by atoms with E-state index in [1.807, 2.05) is 0 Å². The average Bonchev–Trinajstić information content (AvgIpc) is 3.09. The molecule has 0 unspecified atom stereocenters. The molecule has 0 heterocycles. The van der Waals surface area contributed by atoms with Gasteiger partial charge in [0.25, 0.3) is 0 Å². The third kappa shape index (κ3) is 7.50. The monoisotopic (exact) mass is 761 g/mol. The molecule has 6 aromatic carbocycles. The molecule has 1 N–H and O–H groups in total. The van der Waals surface area contributed by atoms with Gasteiger partial charge < -0.3 is 5.32 Å². The number of fused-ring (bicyclic) bond motifs is 1. The van der Waals surface area contributed by atoms with Crippen LogP contribution in [0.2, 0.25) is 0 Å². The normalized spacial score (nSPS) is 12.6. The third-order valence-electron chi connectivity index (χ3n) is 8.65. The van der Waals surface area contributed by atoms with Crippen LogP contribution in [-0.2, 0) is 29.5 Å². The van der Waals surface area contributed by atoms with E-state index in [1.54, 1.807) is 0 Å². The average molecular weight is 762 g/mol. The number of nitrogens with one attached hydrogen (secondary N) is 1. The molecular formula is C40H23F12NO. The van der Waals surface area contributed by atoms with Gasteiger partial charge in [-0.15, -0.1) is 0 Å². The molecule has 14 heteroatoms. The molecule has 0 aliphatic carbocycles. The Kier molecular flexibility index (Phi) is 9.53. The maximum Gasteiger partial charge on any atom is 0.416 e. The maximum atomic E-state index is 13.8. The summed E-state index contributed by atoms with van der Waals surface area (Å²) in [7, 11) is 0.